The van der Waals surface area contributed by atoms with Gasteiger partial charge in [-0.3, -0.25) is 43.2 Å². The van der Waals surface area contributed by atoms with E-state index >= 15 is 0 Å². The fourth-order valence-electron chi connectivity index (χ4n) is 20.3. The first kappa shape index (κ1) is 98.1. The van der Waals surface area contributed by atoms with Crippen molar-refractivity contribution in [2.24, 2.45) is 40.5 Å². The Labute approximate surface area is 826 Å². The molecule has 738 valence electrons. The van der Waals surface area contributed by atoms with Crippen LogP contribution in [0.25, 0.3) is 29.0 Å². The summed E-state index contributed by atoms with van der Waals surface area (Å²) in [5.41, 5.74) is 34.4. The van der Waals surface area contributed by atoms with Crippen molar-refractivity contribution in [3.63, 3.8) is 0 Å². The first-order valence-electron chi connectivity index (χ1n) is 47.7. The summed E-state index contributed by atoms with van der Waals surface area (Å²) in [5, 5.41) is 88.5. The zero-order chi connectivity index (χ0) is 102. The smallest absolute Gasteiger partial charge is 0.269 e. The maximum Gasteiger partial charge on any atom is 0.269 e. The summed E-state index contributed by atoms with van der Waals surface area (Å²) in [4.78, 5) is 131. The highest BCUT2D eigenvalue weighted by Crippen LogP contribution is 2.53. The molecule has 144 heavy (non-hydrogen) atoms. The predicted octanol–water partition coefficient (Wildman–Crippen LogP) is 2.48. The molecule has 24 rings (SSSR count). The highest BCUT2D eigenvalue weighted by Gasteiger charge is 2.49. The second-order valence-electron chi connectivity index (χ2n) is 38.6. The van der Waals surface area contributed by atoms with Gasteiger partial charge in [0.25, 0.3) is 53.2 Å². The van der Waals surface area contributed by atoms with E-state index in [0.717, 1.165) is 146 Å². The largest absolute Gasteiger partial charge is 0.393 e. The van der Waals surface area contributed by atoms with E-state index in [1.54, 1.807) is 134 Å². The lowest BCUT2D eigenvalue weighted by molar-refractivity contribution is -0.138. The molecule has 4 saturated heterocycles. The van der Waals surface area contributed by atoms with Gasteiger partial charge in [-0.2, -0.15) is 25.5 Å². The van der Waals surface area contributed by atoms with Crippen LogP contribution in [-0.4, -0.2) is 260 Å². The van der Waals surface area contributed by atoms with Crippen molar-refractivity contribution in [3.05, 3.63) is 228 Å². The molecule has 6 atom stereocenters. The van der Waals surface area contributed by atoms with Gasteiger partial charge in [0.15, 0.2) is 57.3 Å². The first-order valence-corrected chi connectivity index (χ1v) is 47.7. The number of aromatic nitrogens is 15. The molecular weight excluding hydrogens is 1840 g/mol. The maximum absolute atomic E-state index is 12.1. The number of aliphatic hydroxyl groups is 6. The van der Waals surface area contributed by atoms with Crippen molar-refractivity contribution in [3.8, 4) is 88.2 Å². The lowest BCUT2D eigenvalue weighted by Crippen LogP contribution is -2.37. The summed E-state index contributed by atoms with van der Waals surface area (Å²) in [6.07, 6.45) is 21.7. The Morgan fingerprint density at radius 2 is 0.792 bits per heavy atom. The number of fused-ring (bicyclic) bond motifs is 3. The molecule has 0 spiro atoms. The second-order valence-corrected chi connectivity index (χ2v) is 38.6. The Morgan fingerprint density at radius 3 is 1.22 bits per heavy atom. The summed E-state index contributed by atoms with van der Waals surface area (Å²) in [7, 11) is 6.57. The molecule has 11 aromatic rings. The number of aryl methyl sites for hydroxylation is 1. The molecule has 1 aromatic carbocycles. The molecule has 6 fully saturated rings. The topological polar surface area (TPSA) is 585 Å². The Balaban J connectivity index is 0.000000118. The molecule has 9 aliphatic carbocycles. The van der Waals surface area contributed by atoms with E-state index in [1.807, 2.05) is 24.3 Å². The monoisotopic (exact) mass is 1950 g/mol. The highest BCUT2D eigenvalue weighted by molar-refractivity contribution is 5.97. The summed E-state index contributed by atoms with van der Waals surface area (Å²) in [6, 6.07) is 22.8. The average Bonchev–Trinajstić information content (AvgIpc) is 1.57. The molecule has 40 nitrogen and oxygen atoms in total. The fraction of sp³-hybridized carbons (Fsp3) is 0.394. The van der Waals surface area contributed by atoms with Crippen LogP contribution in [0, 0.1) is 78.0 Å². The Bertz CT molecular complexity index is 7470. The number of carbonyl (C=O) groups is 9. The van der Waals surface area contributed by atoms with Crippen molar-refractivity contribution >= 4 is 53.2 Å². The van der Waals surface area contributed by atoms with Crippen LogP contribution in [0.3, 0.4) is 0 Å². The fourth-order valence-corrected chi connectivity index (χ4v) is 20.3. The van der Waals surface area contributed by atoms with Crippen LogP contribution in [0.2, 0.25) is 0 Å². The average molecular weight is 1950 g/mol. The van der Waals surface area contributed by atoms with E-state index in [9.17, 15) is 73.8 Å². The van der Waals surface area contributed by atoms with Gasteiger partial charge in [-0.1, -0.05) is 70.4 Å². The third kappa shape index (κ3) is 19.4. The standard InChI is InChI=1S/3C21H21N5O3.C21H22N4O3.C20H21N5O4/c1-25-7-5-21(29,20(25)28)4-2-12-3-6-23-16(11-12)26-18-14-8-13(9-14)10-15(18)17(24-26)19(22)27;1-25-7-5-21(29,20(25)28)4-2-12-3-6-23-16(11-12)26-15-10-13-8-14(9-13)17(15)18(24-26)19(22)27;1-13-11-17(25-29-13)21(2,28)9-7-14-8-10-23-18(12-14)26-16-6-4-3-5-15(16)19(24-26)20(22)27;1-24-12-11-21(28,20(24)27)10-9-14-5-4-6-15(13-14)25-17-8-3-2-7-16(17)18(23-25)19(22)26;1-24-9-7-20(29,19(24)28)6-4-12-5-8-22-16(10-12)25-15-11-13(26)2-3-14(15)17(23-25)18(21)27/h2*3,6,11,13-14,29H,5,7-10H2,1H3,(H2,22,27);8,10-12,28H,3-6H2,1-2H3,(H2,22,27);4-6,13,28H,2-3,7-8,11-12H2,1H3,(H2,22,26);5,8,10,13,26,29H,2-3,7,9,11H2,1H3,(H2,21,27)/t2*13?,14?,21-;2*21-;13-,20+/m00101/s1. The summed E-state index contributed by atoms with van der Waals surface area (Å²) >= 11 is 0. The number of benzene rings is 1. The number of likely N-dealkylation sites (N-methyl/N-ethyl adjacent to an activating group) is 4. The van der Waals surface area contributed by atoms with Crippen molar-refractivity contribution in [1.82, 2.24) is 93.6 Å². The maximum atomic E-state index is 12.1. The zero-order valence-corrected chi connectivity index (χ0v) is 80.0. The summed E-state index contributed by atoms with van der Waals surface area (Å²) < 4.78 is 13.4. The van der Waals surface area contributed by atoms with Gasteiger partial charge in [-0.05, 0) is 201 Å². The molecule has 10 aromatic heterocycles. The van der Waals surface area contributed by atoms with E-state index in [1.165, 1.54) is 30.5 Å². The van der Waals surface area contributed by atoms with Gasteiger partial charge < -0.3 is 83.4 Å². The van der Waals surface area contributed by atoms with E-state index in [2.05, 4.69) is 110 Å². The van der Waals surface area contributed by atoms with Crippen LogP contribution in [0.1, 0.15) is 250 Å². The Hall–Kier alpha value is -16.1. The highest BCUT2D eigenvalue weighted by atomic mass is 16.5. The van der Waals surface area contributed by atoms with Gasteiger partial charge in [0.05, 0.1) is 34.6 Å². The van der Waals surface area contributed by atoms with Crippen LogP contribution in [0.5, 0.6) is 0 Å². The summed E-state index contributed by atoms with van der Waals surface area (Å²) in [5.74, 6) is 28.5. The Morgan fingerprint density at radius 1 is 0.424 bits per heavy atom. The number of nitrogens with zero attached hydrogens (tertiary/aromatic N) is 19. The lowest BCUT2D eigenvalue weighted by atomic mass is 9.64. The van der Waals surface area contributed by atoms with Gasteiger partial charge in [0.2, 0.25) is 22.4 Å². The van der Waals surface area contributed by atoms with Crippen molar-refractivity contribution in [1.29, 1.82) is 0 Å². The number of primary amides is 5. The Kier molecular flexibility index (Phi) is 26.6. The third-order valence-corrected chi connectivity index (χ3v) is 28.3. The molecule has 0 radical (unpaired) electrons. The van der Waals surface area contributed by atoms with E-state index < -0.39 is 69.6 Å². The van der Waals surface area contributed by atoms with E-state index in [4.69, 9.17) is 33.2 Å². The minimum atomic E-state index is -1.69. The number of likely N-dealkylation sites (tertiary alicyclic amines) is 4. The molecule has 0 unspecified atom stereocenters. The number of nitrogens with two attached hydrogens (primary N) is 5. The number of pyridine rings is 4. The molecule has 16 N–H and O–H groups in total. The summed E-state index contributed by atoms with van der Waals surface area (Å²) in [6.45, 7) is 5.19. The number of rotatable bonds is 11. The van der Waals surface area contributed by atoms with Crippen molar-refractivity contribution in [2.45, 2.75) is 195 Å². The van der Waals surface area contributed by atoms with Crippen LogP contribution in [-0.2, 0) is 76.1 Å². The number of amides is 9. The lowest BCUT2D eigenvalue weighted by Gasteiger charge is -2.41. The number of hydrogen-bond acceptors (Lipinski definition) is 26. The van der Waals surface area contributed by atoms with Gasteiger partial charge in [-0.25, -0.2) is 43.3 Å². The molecule has 13 aliphatic rings. The molecule has 14 heterocycles. The van der Waals surface area contributed by atoms with Gasteiger partial charge in [-0.15, -0.1) is 0 Å². The van der Waals surface area contributed by atoms with Crippen molar-refractivity contribution < 1.29 is 78.3 Å². The van der Waals surface area contributed by atoms with E-state index in [-0.39, 0.29) is 42.7 Å². The molecule has 4 bridgehead atoms. The quantitative estimate of drug-likeness (QED) is 0.0829. The van der Waals surface area contributed by atoms with Crippen LogP contribution in [0.15, 0.2) is 108 Å². The van der Waals surface area contributed by atoms with Gasteiger partial charge in [0, 0.05) is 185 Å². The van der Waals surface area contributed by atoms with Crippen LogP contribution >= 0.6 is 0 Å². The molecule has 2 saturated carbocycles. The van der Waals surface area contributed by atoms with E-state index in [0.29, 0.717) is 167 Å². The minimum Gasteiger partial charge on any atom is -0.393 e. The first-order chi connectivity index (χ1) is 68.7. The van der Waals surface area contributed by atoms with Crippen LogP contribution < -0.4 is 28.7 Å². The predicted molar refractivity (Wildman–Crippen MR) is 515 cm³/mol. The molecular formula is C104H106N24O16. The van der Waals surface area contributed by atoms with Crippen LogP contribution in [0.4, 0.5) is 0 Å². The van der Waals surface area contributed by atoms with Crippen molar-refractivity contribution in [2.75, 3.05) is 54.4 Å². The second kappa shape index (κ2) is 39.1. The zero-order valence-electron chi connectivity index (χ0n) is 80.0. The SMILES string of the molecule is CN1CC[C@@](O)(C#Cc2cccc(-n3nc(C(N)=O)c4c3CCCC4)c2)C1=O.CN1CC[C@@](O)(C#Cc2ccnc(-n3nc(C(N)=O)c4c3C3CC(C4)C3)c2)C1=O.CN1CC[C@@](O)(C#Cc2ccnc(-n3nc(C(N)=O)c4c3CC3CC4C3)c2)C1=O.CN1CC[C@@](O)(C#Cc2ccnc(-n3nc(C(N)=O)c4c3C[C@H](O)CC4)c2)C1=O.Cc1cc([C@](C)(O)C#Cc2ccnc(-n3nc(C(N)=O)c4c3CCCC4)c2)no1. The molecule has 4 aliphatic heterocycles. The number of hydrogen-bond donors (Lipinski definition) is 11. The van der Waals surface area contributed by atoms with Gasteiger partial charge >= 0.3 is 0 Å². The third-order valence-electron chi connectivity index (χ3n) is 28.3. The normalized spacial score (nSPS) is 22.8. The minimum absolute atomic E-state index is 0.180. The molecule has 40 heteroatoms. The number of carbonyl (C=O) groups excluding carboxylic acids is 9. The number of aliphatic hydroxyl groups excluding tert-OH is 1. The van der Waals surface area contributed by atoms with Gasteiger partial charge in [0.1, 0.15) is 11.5 Å². The molecule has 9 amide bonds.